The lowest BCUT2D eigenvalue weighted by atomic mass is 10.5. The maximum atomic E-state index is 11.4. The van der Waals surface area contributed by atoms with Gasteiger partial charge < -0.3 is 4.74 Å². The Kier molecular flexibility index (Phi) is 7.17. The van der Waals surface area contributed by atoms with Crippen molar-refractivity contribution in [2.75, 3.05) is 24.7 Å². The minimum absolute atomic E-state index is 0.0208. The Morgan fingerprint density at radius 2 is 1.76 bits per heavy atom. The Balaban J connectivity index is 3.79. The third-order valence-electron chi connectivity index (χ3n) is 1.73. The molecule has 0 aliphatic carbocycles. The van der Waals surface area contributed by atoms with Gasteiger partial charge in [-0.05, 0) is 20.3 Å². The van der Waals surface area contributed by atoms with Crippen LogP contribution in [0.2, 0.25) is 0 Å². The Morgan fingerprint density at radius 3 is 2.24 bits per heavy atom. The van der Waals surface area contributed by atoms with Crippen molar-refractivity contribution < 1.29 is 21.6 Å². The van der Waals surface area contributed by atoms with Crippen molar-refractivity contribution in [3.05, 3.63) is 0 Å². The van der Waals surface area contributed by atoms with Gasteiger partial charge in [-0.25, -0.2) is 26.7 Å². The standard InChI is InChI=1S/C8H20N2O5S2/c1-8(2)15-5-7-17(13,14)10-4-3-6-16(9,11)12/h8,10H,3-7H2,1-2H3,(H2,9,11,12). The summed E-state index contributed by atoms with van der Waals surface area (Å²) in [4.78, 5) is 0. The highest BCUT2D eigenvalue weighted by atomic mass is 32.2. The van der Waals surface area contributed by atoms with E-state index in [1.54, 1.807) is 0 Å². The monoisotopic (exact) mass is 288 g/mol. The molecule has 0 aliphatic heterocycles. The molecule has 0 unspecified atom stereocenters. The molecule has 9 heteroatoms. The van der Waals surface area contributed by atoms with Crippen LogP contribution in [0.15, 0.2) is 0 Å². The lowest BCUT2D eigenvalue weighted by Gasteiger charge is -2.09. The zero-order valence-electron chi connectivity index (χ0n) is 10.0. The van der Waals surface area contributed by atoms with Crippen molar-refractivity contribution >= 4 is 20.0 Å². The van der Waals surface area contributed by atoms with Crippen LogP contribution in [0.3, 0.4) is 0 Å². The van der Waals surface area contributed by atoms with Crippen LogP contribution in [-0.2, 0) is 24.8 Å². The number of nitrogens with two attached hydrogens (primary N) is 1. The van der Waals surface area contributed by atoms with Gasteiger partial charge in [-0.15, -0.1) is 0 Å². The van der Waals surface area contributed by atoms with E-state index in [1.165, 1.54) is 0 Å². The highest BCUT2D eigenvalue weighted by Gasteiger charge is 2.10. The molecule has 0 aromatic carbocycles. The predicted octanol–water partition coefficient (Wildman–Crippen LogP) is -0.991. The normalized spacial score (nSPS) is 13.2. The van der Waals surface area contributed by atoms with Crippen LogP contribution in [0, 0.1) is 0 Å². The molecule has 0 atom stereocenters. The van der Waals surface area contributed by atoms with E-state index in [4.69, 9.17) is 9.88 Å². The molecule has 3 N–H and O–H groups in total. The summed E-state index contributed by atoms with van der Waals surface area (Å²) in [5.41, 5.74) is 0. The van der Waals surface area contributed by atoms with E-state index in [1.807, 2.05) is 13.8 Å². The SMILES string of the molecule is CC(C)OCCS(=O)(=O)NCCCS(N)(=O)=O. The summed E-state index contributed by atoms with van der Waals surface area (Å²) in [5, 5.41) is 4.77. The summed E-state index contributed by atoms with van der Waals surface area (Å²) < 4.78 is 51.3. The number of rotatable bonds is 9. The Labute approximate surface area is 103 Å². The summed E-state index contributed by atoms with van der Waals surface area (Å²) in [5.74, 6) is -0.376. The number of ether oxygens (including phenoxy) is 1. The molecule has 0 aliphatic rings. The highest BCUT2D eigenvalue weighted by Crippen LogP contribution is 1.92. The van der Waals surface area contributed by atoms with Crippen molar-refractivity contribution in [2.45, 2.75) is 26.4 Å². The smallest absolute Gasteiger partial charge is 0.213 e. The van der Waals surface area contributed by atoms with Crippen LogP contribution < -0.4 is 9.86 Å². The number of nitrogens with one attached hydrogen (secondary N) is 1. The third-order valence-corrected chi connectivity index (χ3v) is 3.94. The number of hydrogen-bond acceptors (Lipinski definition) is 5. The summed E-state index contributed by atoms with van der Waals surface area (Å²) in [6.45, 7) is 3.79. The molecule has 0 saturated carbocycles. The fourth-order valence-corrected chi connectivity index (χ4v) is 2.43. The van der Waals surface area contributed by atoms with Gasteiger partial charge in [0, 0.05) is 6.54 Å². The Bertz CT molecular complexity index is 402. The van der Waals surface area contributed by atoms with Gasteiger partial charge in [-0.3, -0.25) is 0 Å². The van der Waals surface area contributed by atoms with Crippen LogP contribution in [-0.4, -0.2) is 47.6 Å². The van der Waals surface area contributed by atoms with Crippen LogP contribution in [0.1, 0.15) is 20.3 Å². The van der Waals surface area contributed by atoms with Gasteiger partial charge in [0.25, 0.3) is 0 Å². The molecule has 0 heterocycles. The van der Waals surface area contributed by atoms with Crippen molar-refractivity contribution in [2.24, 2.45) is 5.14 Å². The molecule has 0 rings (SSSR count). The molecular weight excluding hydrogens is 268 g/mol. The second-order valence-electron chi connectivity index (χ2n) is 3.85. The molecule has 0 fully saturated rings. The highest BCUT2D eigenvalue weighted by molar-refractivity contribution is 7.89. The van der Waals surface area contributed by atoms with Crippen molar-refractivity contribution in [3.8, 4) is 0 Å². The zero-order chi connectivity index (χ0) is 13.5. The molecule has 17 heavy (non-hydrogen) atoms. The summed E-state index contributed by atoms with van der Waals surface area (Å²) in [7, 11) is -6.94. The number of sulfonamides is 2. The summed E-state index contributed by atoms with van der Waals surface area (Å²) in [6.07, 6.45) is 0.135. The predicted molar refractivity (Wildman–Crippen MR) is 65.5 cm³/mol. The first-order valence-corrected chi connectivity index (χ1v) is 8.58. The molecule has 0 saturated heterocycles. The number of primary sulfonamides is 1. The number of hydrogen-bond donors (Lipinski definition) is 2. The molecule has 0 radical (unpaired) electrons. The van der Waals surface area contributed by atoms with E-state index in [-0.39, 0.29) is 37.2 Å². The topological polar surface area (TPSA) is 116 Å². The van der Waals surface area contributed by atoms with Crippen LogP contribution in [0.4, 0.5) is 0 Å². The van der Waals surface area contributed by atoms with Crippen LogP contribution >= 0.6 is 0 Å². The van der Waals surface area contributed by atoms with Gasteiger partial charge >= 0.3 is 0 Å². The van der Waals surface area contributed by atoms with Crippen molar-refractivity contribution in [1.82, 2.24) is 4.72 Å². The lowest BCUT2D eigenvalue weighted by Crippen LogP contribution is -2.31. The first-order valence-electron chi connectivity index (χ1n) is 5.22. The van der Waals surface area contributed by atoms with E-state index >= 15 is 0 Å². The average Bonchev–Trinajstić information content (AvgIpc) is 2.10. The molecular formula is C8H20N2O5S2. The minimum atomic E-state index is -3.53. The zero-order valence-corrected chi connectivity index (χ0v) is 11.7. The van der Waals surface area contributed by atoms with E-state index in [0.29, 0.717) is 0 Å². The first kappa shape index (κ1) is 16.8. The van der Waals surface area contributed by atoms with E-state index in [9.17, 15) is 16.8 Å². The molecule has 104 valence electrons. The van der Waals surface area contributed by atoms with Gasteiger partial charge in [-0.2, -0.15) is 0 Å². The van der Waals surface area contributed by atoms with Gasteiger partial charge in [-0.1, -0.05) is 0 Å². The quantitative estimate of drug-likeness (QED) is 0.528. The van der Waals surface area contributed by atoms with Gasteiger partial charge in [0.15, 0.2) is 0 Å². The van der Waals surface area contributed by atoms with E-state index < -0.39 is 20.0 Å². The fraction of sp³-hybridized carbons (Fsp3) is 1.00. The largest absolute Gasteiger partial charge is 0.378 e. The maximum absolute atomic E-state index is 11.4. The molecule has 0 bridgehead atoms. The van der Waals surface area contributed by atoms with Gasteiger partial charge in [0.1, 0.15) is 0 Å². The lowest BCUT2D eigenvalue weighted by molar-refractivity contribution is 0.0911. The summed E-state index contributed by atoms with van der Waals surface area (Å²) in [6, 6.07) is 0. The molecule has 7 nitrogen and oxygen atoms in total. The minimum Gasteiger partial charge on any atom is -0.378 e. The van der Waals surface area contributed by atoms with Crippen molar-refractivity contribution in [1.29, 1.82) is 0 Å². The van der Waals surface area contributed by atoms with Gasteiger partial charge in [0.05, 0.1) is 24.2 Å². The van der Waals surface area contributed by atoms with E-state index in [2.05, 4.69) is 4.72 Å². The molecule has 0 aromatic heterocycles. The molecule has 0 amide bonds. The summed E-state index contributed by atoms with van der Waals surface area (Å²) >= 11 is 0. The first-order chi connectivity index (χ1) is 7.62. The fourth-order valence-electron chi connectivity index (χ4n) is 0.967. The third kappa shape index (κ3) is 12.0. The maximum Gasteiger partial charge on any atom is 0.213 e. The van der Waals surface area contributed by atoms with E-state index in [0.717, 1.165) is 0 Å². The molecule has 0 spiro atoms. The second kappa shape index (κ2) is 7.27. The Morgan fingerprint density at radius 1 is 1.18 bits per heavy atom. The van der Waals surface area contributed by atoms with Crippen molar-refractivity contribution in [3.63, 3.8) is 0 Å². The van der Waals surface area contributed by atoms with Crippen LogP contribution in [0.25, 0.3) is 0 Å². The second-order valence-corrected chi connectivity index (χ2v) is 7.51. The average molecular weight is 288 g/mol. The Hall–Kier alpha value is -0.220. The van der Waals surface area contributed by atoms with Crippen LogP contribution in [0.5, 0.6) is 0 Å². The van der Waals surface area contributed by atoms with Gasteiger partial charge in [0.2, 0.25) is 20.0 Å². The molecule has 0 aromatic rings.